The topological polar surface area (TPSA) is 65.0 Å². The summed E-state index contributed by atoms with van der Waals surface area (Å²) in [4.78, 5) is 27.8. The molecule has 1 aliphatic heterocycles. The van der Waals surface area contributed by atoms with E-state index in [1.807, 2.05) is 6.92 Å². The molecule has 0 saturated carbocycles. The molecule has 0 unspecified atom stereocenters. The van der Waals surface area contributed by atoms with Crippen LogP contribution in [-0.2, 0) is 14.3 Å². The number of esters is 2. The number of nitrogens with zero attached hydrogens (tertiary/aromatic N) is 1. The highest BCUT2D eigenvalue weighted by Gasteiger charge is 2.24. The first-order valence-corrected chi connectivity index (χ1v) is 9.00. The largest absolute Gasteiger partial charge is 0.427 e. The van der Waals surface area contributed by atoms with Gasteiger partial charge in [-0.25, -0.2) is 9.79 Å². The van der Waals surface area contributed by atoms with Crippen LogP contribution < -0.4 is 4.74 Å². The number of ether oxygens (including phenoxy) is 2. The van der Waals surface area contributed by atoms with Crippen LogP contribution in [0.2, 0.25) is 10.0 Å². The Kier molecular flexibility index (Phi) is 5.94. The number of halogens is 2. The molecule has 0 saturated heterocycles. The van der Waals surface area contributed by atoms with E-state index in [1.54, 1.807) is 48.5 Å². The minimum absolute atomic E-state index is 0.159. The molecule has 2 aromatic rings. The zero-order chi connectivity index (χ0) is 19.4. The van der Waals surface area contributed by atoms with Crippen molar-refractivity contribution in [2.75, 3.05) is 0 Å². The number of carbonyl (C=O) groups is 2. The fraction of sp³-hybridized carbons (Fsp3) is 0.150. The van der Waals surface area contributed by atoms with Crippen molar-refractivity contribution in [1.82, 2.24) is 0 Å². The molecule has 27 heavy (non-hydrogen) atoms. The van der Waals surface area contributed by atoms with Gasteiger partial charge in [0, 0.05) is 12.0 Å². The van der Waals surface area contributed by atoms with E-state index in [0.717, 1.165) is 12.0 Å². The van der Waals surface area contributed by atoms with Gasteiger partial charge < -0.3 is 9.47 Å². The van der Waals surface area contributed by atoms with Gasteiger partial charge in [0.1, 0.15) is 5.75 Å². The highest BCUT2D eigenvalue weighted by molar-refractivity contribution is 6.42. The Morgan fingerprint density at radius 3 is 2.56 bits per heavy atom. The lowest BCUT2D eigenvalue weighted by Crippen LogP contribution is -2.06. The summed E-state index contributed by atoms with van der Waals surface area (Å²) in [5, 5.41) is 0.749. The lowest BCUT2D eigenvalue weighted by atomic mass is 10.2. The summed E-state index contributed by atoms with van der Waals surface area (Å²) in [5.74, 6) is -0.229. The number of benzene rings is 2. The number of carbonyl (C=O) groups excluding carboxylic acids is 2. The minimum atomic E-state index is -0.561. The summed E-state index contributed by atoms with van der Waals surface area (Å²) >= 11 is 11.9. The molecule has 0 aromatic heterocycles. The Labute approximate surface area is 166 Å². The predicted molar refractivity (Wildman–Crippen MR) is 104 cm³/mol. The predicted octanol–water partition coefficient (Wildman–Crippen LogP) is 5.04. The first-order valence-electron chi connectivity index (χ1n) is 8.25. The monoisotopic (exact) mass is 403 g/mol. The maximum atomic E-state index is 12.1. The van der Waals surface area contributed by atoms with E-state index in [1.165, 1.54) is 0 Å². The highest BCUT2D eigenvalue weighted by atomic mass is 35.5. The number of aliphatic imine (C=N–C) groups is 1. The third-order valence-electron chi connectivity index (χ3n) is 3.66. The number of hydrogen-bond acceptors (Lipinski definition) is 5. The fourth-order valence-electron chi connectivity index (χ4n) is 2.34. The summed E-state index contributed by atoms with van der Waals surface area (Å²) in [6.07, 6.45) is 2.68. The first-order chi connectivity index (χ1) is 13.0. The van der Waals surface area contributed by atoms with Crippen molar-refractivity contribution in [3.63, 3.8) is 0 Å². The summed E-state index contributed by atoms with van der Waals surface area (Å²) in [6.45, 7) is 1.91. The van der Waals surface area contributed by atoms with Crippen molar-refractivity contribution >= 4 is 47.1 Å². The number of cyclic esters (lactones) is 1. The van der Waals surface area contributed by atoms with Gasteiger partial charge in [-0.15, -0.1) is 0 Å². The molecule has 0 aliphatic carbocycles. The van der Waals surface area contributed by atoms with Gasteiger partial charge in [-0.05, 0) is 48.4 Å². The van der Waals surface area contributed by atoms with Crippen molar-refractivity contribution in [3.8, 4) is 5.75 Å². The zero-order valence-corrected chi connectivity index (χ0v) is 15.9. The second kappa shape index (κ2) is 8.37. The van der Waals surface area contributed by atoms with E-state index >= 15 is 0 Å². The highest BCUT2D eigenvalue weighted by Crippen LogP contribution is 2.26. The smallest absolute Gasteiger partial charge is 0.363 e. The molecule has 0 bridgehead atoms. The van der Waals surface area contributed by atoms with Gasteiger partial charge in [0.2, 0.25) is 5.90 Å². The van der Waals surface area contributed by atoms with Crippen LogP contribution in [0.3, 0.4) is 0 Å². The molecule has 3 rings (SSSR count). The molecule has 1 heterocycles. The normalized spacial score (nSPS) is 14.9. The summed E-state index contributed by atoms with van der Waals surface area (Å²) in [6, 6.07) is 11.6. The van der Waals surface area contributed by atoms with Crippen molar-refractivity contribution < 1.29 is 19.1 Å². The van der Waals surface area contributed by atoms with Crippen LogP contribution in [0.25, 0.3) is 6.08 Å². The Morgan fingerprint density at radius 1 is 1.15 bits per heavy atom. The van der Waals surface area contributed by atoms with Crippen LogP contribution in [0.15, 0.2) is 53.2 Å². The molecule has 138 valence electrons. The summed E-state index contributed by atoms with van der Waals surface area (Å²) < 4.78 is 10.4. The van der Waals surface area contributed by atoms with Gasteiger partial charge in [0.25, 0.3) is 0 Å². The molecular formula is C20H15Cl2NO4. The van der Waals surface area contributed by atoms with E-state index in [2.05, 4.69) is 4.99 Å². The van der Waals surface area contributed by atoms with E-state index < -0.39 is 5.97 Å². The number of rotatable bonds is 5. The average molecular weight is 404 g/mol. The van der Waals surface area contributed by atoms with Crippen LogP contribution in [-0.4, -0.2) is 17.8 Å². The molecule has 0 amide bonds. The third kappa shape index (κ3) is 4.76. The van der Waals surface area contributed by atoms with E-state index in [4.69, 9.17) is 32.7 Å². The first kappa shape index (κ1) is 19.1. The molecule has 0 N–H and O–H groups in total. The molecular weight excluding hydrogens is 389 g/mol. The molecule has 0 fully saturated rings. The van der Waals surface area contributed by atoms with Crippen LogP contribution >= 0.6 is 23.2 Å². The Bertz CT molecular complexity index is 949. The molecule has 2 aromatic carbocycles. The van der Waals surface area contributed by atoms with Crippen LogP contribution in [0.5, 0.6) is 5.75 Å². The zero-order valence-electron chi connectivity index (χ0n) is 14.4. The van der Waals surface area contributed by atoms with Gasteiger partial charge in [0.15, 0.2) is 5.70 Å². The second-order valence-electron chi connectivity index (χ2n) is 5.76. The van der Waals surface area contributed by atoms with Crippen LogP contribution in [0.1, 0.15) is 30.9 Å². The molecule has 0 radical (unpaired) electrons. The van der Waals surface area contributed by atoms with E-state index in [9.17, 15) is 9.59 Å². The van der Waals surface area contributed by atoms with Gasteiger partial charge in [0.05, 0.1) is 10.0 Å². The quantitative estimate of drug-likeness (QED) is 0.398. The maximum Gasteiger partial charge on any atom is 0.363 e. The SMILES string of the molecule is CCCC(=O)Oc1ccc(/C=C2\N=C(c3ccc(Cl)c(Cl)c3)OC2=O)cc1. The second-order valence-corrected chi connectivity index (χ2v) is 6.57. The summed E-state index contributed by atoms with van der Waals surface area (Å²) in [5.41, 5.74) is 1.43. The van der Waals surface area contributed by atoms with Gasteiger partial charge >= 0.3 is 11.9 Å². The van der Waals surface area contributed by atoms with Crippen molar-refractivity contribution in [2.45, 2.75) is 19.8 Å². The molecule has 7 heteroatoms. The van der Waals surface area contributed by atoms with Gasteiger partial charge in [-0.3, -0.25) is 4.79 Å². The van der Waals surface area contributed by atoms with Crippen LogP contribution in [0.4, 0.5) is 0 Å². The summed E-state index contributed by atoms with van der Waals surface area (Å²) in [7, 11) is 0. The molecule has 0 atom stereocenters. The van der Waals surface area contributed by atoms with E-state index in [-0.39, 0.29) is 17.6 Å². The Hall–Kier alpha value is -2.63. The molecule has 1 aliphatic rings. The lowest BCUT2D eigenvalue weighted by Gasteiger charge is -2.03. The van der Waals surface area contributed by atoms with Crippen LogP contribution in [0, 0.1) is 0 Å². The average Bonchev–Trinajstić information content (AvgIpc) is 3.00. The third-order valence-corrected chi connectivity index (χ3v) is 4.40. The molecule has 5 nitrogen and oxygen atoms in total. The standard InChI is InChI=1S/C20H15Cl2NO4/c1-2-3-18(24)26-14-7-4-12(5-8-14)10-17-20(25)27-19(23-17)13-6-9-15(21)16(22)11-13/h4-11H,2-3H2,1H3/b17-10-. The lowest BCUT2D eigenvalue weighted by molar-refractivity contribution is -0.134. The Balaban J connectivity index is 1.78. The van der Waals surface area contributed by atoms with Gasteiger partial charge in [-0.1, -0.05) is 42.3 Å². The number of hydrogen-bond donors (Lipinski definition) is 0. The minimum Gasteiger partial charge on any atom is -0.427 e. The van der Waals surface area contributed by atoms with Crippen molar-refractivity contribution in [3.05, 3.63) is 69.3 Å². The van der Waals surface area contributed by atoms with E-state index in [0.29, 0.717) is 27.8 Å². The van der Waals surface area contributed by atoms with Gasteiger partial charge in [-0.2, -0.15) is 0 Å². The van der Waals surface area contributed by atoms with Crippen molar-refractivity contribution in [2.24, 2.45) is 4.99 Å². The van der Waals surface area contributed by atoms with Crippen molar-refractivity contribution in [1.29, 1.82) is 0 Å². The fourth-order valence-corrected chi connectivity index (χ4v) is 2.64. The maximum absolute atomic E-state index is 12.1. The molecule has 0 spiro atoms. The Morgan fingerprint density at radius 2 is 1.89 bits per heavy atom.